The molecule has 0 aliphatic carbocycles. The van der Waals surface area contributed by atoms with Crippen LogP contribution in [-0.4, -0.2) is 24.2 Å². The molecule has 0 heterocycles. The molecule has 1 aromatic rings. The summed E-state index contributed by atoms with van der Waals surface area (Å²) < 4.78 is 36.6. The highest BCUT2D eigenvalue weighted by molar-refractivity contribution is 6.13. The molecule has 0 saturated heterocycles. The number of Topliss-reactive ketones (excluding diaryl/α,β-unsaturated/α-hetero) is 2. The van der Waals surface area contributed by atoms with Crippen molar-refractivity contribution in [1.29, 1.82) is 0 Å². The molecule has 0 aliphatic heterocycles. The number of hydrogen-bond donors (Lipinski definition) is 0. The molecule has 0 fully saturated rings. The van der Waals surface area contributed by atoms with E-state index in [0.717, 1.165) is 0 Å². The van der Waals surface area contributed by atoms with Crippen molar-refractivity contribution in [2.45, 2.75) is 12.6 Å². The topological polar surface area (TPSA) is 34.1 Å². The van der Waals surface area contributed by atoms with Crippen LogP contribution in [0.3, 0.4) is 0 Å². The number of benzene rings is 1. The van der Waals surface area contributed by atoms with Gasteiger partial charge in [0.05, 0.1) is 0 Å². The summed E-state index contributed by atoms with van der Waals surface area (Å²) in [7, 11) is 0. The van der Waals surface area contributed by atoms with Crippen molar-refractivity contribution in [1.82, 2.24) is 0 Å². The fourth-order valence-corrected chi connectivity index (χ4v) is 0.989. The Labute approximate surface area is 83.7 Å². The fraction of sp³-hybridized carbons (Fsp3) is 0.200. The van der Waals surface area contributed by atoms with E-state index < -0.39 is 24.2 Å². The van der Waals surface area contributed by atoms with Crippen molar-refractivity contribution in [2.75, 3.05) is 0 Å². The molecule has 2 nitrogen and oxygen atoms in total. The molecule has 0 aliphatic rings. The number of rotatable bonds is 4. The molecular formula is C10H7F3O2. The van der Waals surface area contributed by atoms with Gasteiger partial charge in [-0.05, 0) is 0 Å². The monoisotopic (exact) mass is 216 g/mol. The van der Waals surface area contributed by atoms with Gasteiger partial charge in [-0.15, -0.1) is 0 Å². The lowest BCUT2D eigenvalue weighted by Crippen LogP contribution is -2.30. The van der Waals surface area contributed by atoms with Crippen LogP contribution >= 0.6 is 0 Å². The van der Waals surface area contributed by atoms with E-state index in [1.807, 2.05) is 0 Å². The molecule has 0 aromatic heterocycles. The summed E-state index contributed by atoms with van der Waals surface area (Å²) in [4.78, 5) is 21.7. The molecule has 0 radical (unpaired) electrons. The van der Waals surface area contributed by atoms with Crippen LogP contribution in [0.25, 0.3) is 0 Å². The maximum absolute atomic E-state index is 12.9. The minimum Gasteiger partial charge on any atom is -0.290 e. The number of carbonyl (C=O) groups excluding carboxylic acids is 2. The van der Waals surface area contributed by atoms with Crippen LogP contribution in [0.5, 0.6) is 0 Å². The minimum absolute atomic E-state index is 0.0981. The molecule has 0 bridgehead atoms. The molecule has 0 spiro atoms. The minimum atomic E-state index is -3.47. The highest BCUT2D eigenvalue weighted by Crippen LogP contribution is 2.10. The first kappa shape index (κ1) is 11.4. The number of hydrogen-bond acceptors (Lipinski definition) is 2. The molecule has 1 unspecified atom stereocenters. The summed E-state index contributed by atoms with van der Waals surface area (Å²) >= 11 is 0. The van der Waals surface area contributed by atoms with E-state index in [9.17, 15) is 22.8 Å². The third kappa shape index (κ3) is 2.65. The summed E-state index contributed by atoms with van der Waals surface area (Å²) in [6, 6.07) is 7.00. The summed E-state index contributed by atoms with van der Waals surface area (Å²) in [5.74, 6) is -3.23. The van der Waals surface area contributed by atoms with E-state index in [0.29, 0.717) is 0 Å². The Morgan fingerprint density at radius 3 is 2.00 bits per heavy atom. The van der Waals surface area contributed by atoms with Crippen molar-refractivity contribution < 1.29 is 22.8 Å². The zero-order valence-corrected chi connectivity index (χ0v) is 7.49. The summed E-state index contributed by atoms with van der Waals surface area (Å²) in [6.45, 7) is 0. The second kappa shape index (κ2) is 4.72. The Hall–Kier alpha value is -1.65. The quantitative estimate of drug-likeness (QED) is 0.570. The number of alkyl halides is 3. The van der Waals surface area contributed by atoms with Crippen LogP contribution in [0.2, 0.25) is 0 Å². The molecule has 1 rings (SSSR count). The lowest BCUT2D eigenvalue weighted by molar-refractivity contribution is -0.132. The van der Waals surface area contributed by atoms with Gasteiger partial charge in [-0.3, -0.25) is 9.59 Å². The van der Waals surface area contributed by atoms with Gasteiger partial charge in [0.1, 0.15) is 0 Å². The Morgan fingerprint density at radius 1 is 1.00 bits per heavy atom. The Kier molecular flexibility index (Phi) is 3.60. The average Bonchev–Trinajstić information content (AvgIpc) is 2.27. The lowest BCUT2D eigenvalue weighted by atomic mass is 10.0. The maximum Gasteiger partial charge on any atom is 0.299 e. The Balaban J connectivity index is 2.82. The number of ketones is 2. The SMILES string of the molecule is O=C(c1ccccc1)C(F)C(=O)C(F)F. The van der Waals surface area contributed by atoms with Gasteiger partial charge in [-0.1, -0.05) is 30.3 Å². The van der Waals surface area contributed by atoms with Gasteiger partial charge in [-0.25, -0.2) is 13.2 Å². The average molecular weight is 216 g/mol. The van der Waals surface area contributed by atoms with Crippen LogP contribution < -0.4 is 0 Å². The summed E-state index contributed by atoms with van der Waals surface area (Å²) in [5, 5.41) is 0. The largest absolute Gasteiger partial charge is 0.299 e. The van der Waals surface area contributed by atoms with Crippen LogP contribution in [-0.2, 0) is 4.79 Å². The molecule has 1 atom stereocenters. The standard InChI is InChI=1S/C10H7F3O2/c11-7(9(15)10(12)13)8(14)6-4-2-1-3-5-6/h1-5,7,10H. The van der Waals surface area contributed by atoms with Crippen molar-refractivity contribution in [2.24, 2.45) is 0 Å². The smallest absolute Gasteiger partial charge is 0.290 e. The normalized spacial score (nSPS) is 12.5. The first-order chi connectivity index (χ1) is 7.04. The van der Waals surface area contributed by atoms with E-state index in [-0.39, 0.29) is 5.56 Å². The van der Waals surface area contributed by atoms with E-state index in [1.54, 1.807) is 6.07 Å². The van der Waals surface area contributed by atoms with E-state index in [2.05, 4.69) is 0 Å². The third-order valence-corrected chi connectivity index (χ3v) is 1.75. The second-order valence-corrected chi connectivity index (χ2v) is 2.80. The molecule has 1 aromatic carbocycles. The predicted octanol–water partition coefficient (Wildman–Crippen LogP) is 2.04. The van der Waals surface area contributed by atoms with E-state index >= 15 is 0 Å². The molecule has 15 heavy (non-hydrogen) atoms. The summed E-state index contributed by atoms with van der Waals surface area (Å²) in [5.41, 5.74) is -0.0981. The molecular weight excluding hydrogens is 209 g/mol. The third-order valence-electron chi connectivity index (χ3n) is 1.75. The fourth-order valence-electron chi connectivity index (χ4n) is 0.989. The van der Waals surface area contributed by atoms with Gasteiger partial charge in [0.15, 0.2) is 0 Å². The van der Waals surface area contributed by atoms with Gasteiger partial charge in [0.25, 0.3) is 6.43 Å². The first-order valence-electron chi connectivity index (χ1n) is 4.09. The zero-order valence-electron chi connectivity index (χ0n) is 7.49. The second-order valence-electron chi connectivity index (χ2n) is 2.80. The van der Waals surface area contributed by atoms with Gasteiger partial charge < -0.3 is 0 Å². The molecule has 0 N–H and O–H groups in total. The van der Waals surface area contributed by atoms with Gasteiger partial charge >= 0.3 is 0 Å². The molecule has 5 heteroatoms. The van der Waals surface area contributed by atoms with E-state index in [4.69, 9.17) is 0 Å². The van der Waals surface area contributed by atoms with Gasteiger partial charge in [0.2, 0.25) is 17.7 Å². The van der Waals surface area contributed by atoms with Crippen molar-refractivity contribution in [3.8, 4) is 0 Å². The van der Waals surface area contributed by atoms with E-state index in [1.165, 1.54) is 24.3 Å². The maximum atomic E-state index is 12.9. The summed E-state index contributed by atoms with van der Waals surface area (Å²) in [6.07, 6.45) is -6.25. The molecule has 0 amide bonds. The Bertz CT molecular complexity index is 362. The lowest BCUT2D eigenvalue weighted by Gasteiger charge is -2.05. The highest BCUT2D eigenvalue weighted by atomic mass is 19.3. The molecule has 80 valence electrons. The number of carbonyl (C=O) groups is 2. The first-order valence-corrected chi connectivity index (χ1v) is 4.09. The van der Waals surface area contributed by atoms with Crippen LogP contribution in [0.15, 0.2) is 30.3 Å². The van der Waals surface area contributed by atoms with Crippen molar-refractivity contribution in [3.05, 3.63) is 35.9 Å². The number of halogens is 3. The zero-order chi connectivity index (χ0) is 11.4. The van der Waals surface area contributed by atoms with Gasteiger partial charge in [-0.2, -0.15) is 0 Å². The highest BCUT2D eigenvalue weighted by Gasteiger charge is 2.32. The Morgan fingerprint density at radius 2 is 1.53 bits per heavy atom. The van der Waals surface area contributed by atoms with Gasteiger partial charge in [0, 0.05) is 5.56 Å². The predicted molar refractivity (Wildman–Crippen MR) is 46.7 cm³/mol. The van der Waals surface area contributed by atoms with Crippen LogP contribution in [0.1, 0.15) is 10.4 Å². The van der Waals surface area contributed by atoms with Crippen LogP contribution in [0, 0.1) is 0 Å². The van der Waals surface area contributed by atoms with Crippen LogP contribution in [0.4, 0.5) is 13.2 Å². The molecule has 0 saturated carbocycles. The van der Waals surface area contributed by atoms with Crippen molar-refractivity contribution >= 4 is 11.6 Å². The van der Waals surface area contributed by atoms with Crippen molar-refractivity contribution in [3.63, 3.8) is 0 Å².